The minimum Gasteiger partial charge on any atom is -0.423 e. The van der Waals surface area contributed by atoms with Crippen molar-refractivity contribution in [3.63, 3.8) is 0 Å². The van der Waals surface area contributed by atoms with Crippen LogP contribution < -0.4 is 9.47 Å². The summed E-state index contributed by atoms with van der Waals surface area (Å²) < 4.78 is 19.4. The zero-order valence-corrected chi connectivity index (χ0v) is 16.9. The van der Waals surface area contributed by atoms with Crippen molar-refractivity contribution >= 4 is 35.8 Å². The molecule has 3 aromatic carbocycles. The molecule has 2 heterocycles. The van der Waals surface area contributed by atoms with E-state index in [-0.39, 0.29) is 44.9 Å². The molecule has 0 fully saturated rings. The van der Waals surface area contributed by atoms with Gasteiger partial charge in [-0.05, 0) is 60.7 Å². The minimum atomic E-state index is -0.840. The second-order valence-corrected chi connectivity index (χ2v) is 7.13. The summed E-state index contributed by atoms with van der Waals surface area (Å²) in [7, 11) is 0. The molecular weight excluding hydrogens is 448 g/mol. The van der Waals surface area contributed by atoms with E-state index < -0.39 is 35.8 Å². The van der Waals surface area contributed by atoms with Crippen molar-refractivity contribution in [1.82, 2.24) is 0 Å². The van der Waals surface area contributed by atoms with Gasteiger partial charge in [-0.25, -0.2) is 28.8 Å². The average Bonchev–Trinajstić information content (AvgIpc) is 3.28. The van der Waals surface area contributed by atoms with Gasteiger partial charge in [0.1, 0.15) is 11.5 Å². The SMILES string of the molecule is O=C(Oc1ccc(OC(=O)c2ccc3c(c2)C(=O)OC3=O)cc1)c1ccc2c(c1)C(=O)OC2=O. The second-order valence-electron chi connectivity index (χ2n) is 7.13. The number of fused-ring (bicyclic) bond motifs is 2. The molecule has 0 bridgehead atoms. The number of esters is 6. The summed E-state index contributed by atoms with van der Waals surface area (Å²) in [6.07, 6.45) is 0. The highest BCUT2D eigenvalue weighted by Gasteiger charge is 2.31. The Kier molecular flexibility index (Phi) is 4.75. The van der Waals surface area contributed by atoms with Crippen LogP contribution in [0.5, 0.6) is 11.5 Å². The lowest BCUT2D eigenvalue weighted by molar-refractivity contribution is 0.0425. The lowest BCUT2D eigenvalue weighted by Crippen LogP contribution is -2.11. The van der Waals surface area contributed by atoms with Gasteiger partial charge in [0.2, 0.25) is 0 Å². The fourth-order valence-corrected chi connectivity index (χ4v) is 3.33. The Bertz CT molecular complexity index is 1340. The number of carbonyl (C=O) groups is 6. The van der Waals surface area contributed by atoms with Gasteiger partial charge in [-0.2, -0.15) is 0 Å². The first-order valence-corrected chi connectivity index (χ1v) is 9.66. The minimum absolute atomic E-state index is 0.0223. The van der Waals surface area contributed by atoms with Crippen molar-refractivity contribution in [2.24, 2.45) is 0 Å². The molecule has 0 unspecified atom stereocenters. The summed E-state index contributed by atoms with van der Waals surface area (Å²) in [6.45, 7) is 0. The third kappa shape index (κ3) is 3.58. The number of cyclic esters (lactones) is 4. The van der Waals surface area contributed by atoms with E-state index in [4.69, 9.17) is 9.47 Å². The molecule has 2 aliphatic rings. The molecule has 34 heavy (non-hydrogen) atoms. The number of rotatable bonds is 4. The lowest BCUT2D eigenvalue weighted by Gasteiger charge is -2.07. The van der Waals surface area contributed by atoms with Crippen molar-refractivity contribution in [3.05, 3.63) is 94.0 Å². The average molecular weight is 458 g/mol. The normalized spacial score (nSPS) is 13.6. The van der Waals surface area contributed by atoms with E-state index in [2.05, 4.69) is 9.47 Å². The summed E-state index contributed by atoms with van der Waals surface area (Å²) in [5.41, 5.74) is 0.167. The molecule has 10 nitrogen and oxygen atoms in total. The van der Waals surface area contributed by atoms with Crippen LogP contribution in [0.2, 0.25) is 0 Å². The molecule has 166 valence electrons. The van der Waals surface area contributed by atoms with Crippen molar-refractivity contribution in [2.45, 2.75) is 0 Å². The fraction of sp³-hybridized carbons (Fsp3) is 0. The molecule has 0 N–H and O–H groups in total. The van der Waals surface area contributed by atoms with E-state index >= 15 is 0 Å². The quantitative estimate of drug-likeness (QED) is 0.326. The van der Waals surface area contributed by atoms with E-state index in [0.717, 1.165) is 0 Å². The third-order valence-corrected chi connectivity index (χ3v) is 5.01. The van der Waals surface area contributed by atoms with Crippen LogP contribution >= 0.6 is 0 Å². The Morgan fingerprint density at radius 2 is 0.853 bits per heavy atom. The first-order chi connectivity index (χ1) is 16.3. The highest BCUT2D eigenvalue weighted by atomic mass is 16.6. The van der Waals surface area contributed by atoms with Crippen LogP contribution in [0.3, 0.4) is 0 Å². The molecule has 0 spiro atoms. The predicted molar refractivity (Wildman–Crippen MR) is 109 cm³/mol. The zero-order valence-electron chi connectivity index (χ0n) is 16.9. The maximum absolute atomic E-state index is 12.4. The molecular formula is C24H10O10. The van der Waals surface area contributed by atoms with Gasteiger partial charge in [-0.1, -0.05) is 0 Å². The Balaban J connectivity index is 1.26. The number of hydrogen-bond acceptors (Lipinski definition) is 10. The molecule has 0 saturated carbocycles. The van der Waals surface area contributed by atoms with Gasteiger partial charge in [0, 0.05) is 0 Å². The standard InChI is InChI=1S/C24H10O10/c25-19(11-1-7-15-17(9-11)23(29)33-21(15)27)31-13-3-5-14(6-4-13)32-20(26)12-2-8-16-18(10-12)24(30)34-22(16)28/h1-10H. The van der Waals surface area contributed by atoms with Crippen LogP contribution in [-0.2, 0) is 9.47 Å². The predicted octanol–water partition coefficient (Wildman–Crippen LogP) is 2.75. The molecule has 5 rings (SSSR count). The van der Waals surface area contributed by atoms with Gasteiger partial charge >= 0.3 is 35.8 Å². The van der Waals surface area contributed by atoms with Crippen LogP contribution in [0.15, 0.2) is 60.7 Å². The Hall–Kier alpha value is -5.12. The molecule has 0 saturated heterocycles. The number of ether oxygens (including phenoxy) is 4. The summed E-state index contributed by atoms with van der Waals surface area (Å²) in [5.74, 6) is -4.54. The first-order valence-electron chi connectivity index (χ1n) is 9.66. The fourth-order valence-electron chi connectivity index (χ4n) is 3.33. The maximum Gasteiger partial charge on any atom is 0.346 e. The number of hydrogen-bond donors (Lipinski definition) is 0. The van der Waals surface area contributed by atoms with Crippen LogP contribution in [0.25, 0.3) is 0 Å². The van der Waals surface area contributed by atoms with Crippen molar-refractivity contribution in [3.8, 4) is 11.5 Å². The molecule has 10 heteroatoms. The number of benzene rings is 3. The second kappa shape index (κ2) is 7.78. The maximum atomic E-state index is 12.4. The summed E-state index contributed by atoms with van der Waals surface area (Å²) >= 11 is 0. The van der Waals surface area contributed by atoms with E-state index in [0.29, 0.717) is 0 Å². The van der Waals surface area contributed by atoms with Gasteiger partial charge in [0.25, 0.3) is 0 Å². The molecule has 0 aromatic heterocycles. The largest absolute Gasteiger partial charge is 0.423 e. The molecule has 0 atom stereocenters. The van der Waals surface area contributed by atoms with E-state index in [9.17, 15) is 28.8 Å². The summed E-state index contributed by atoms with van der Waals surface area (Å²) in [4.78, 5) is 71.1. The first kappa shape index (κ1) is 20.8. The van der Waals surface area contributed by atoms with Gasteiger partial charge in [-0.15, -0.1) is 0 Å². The van der Waals surface area contributed by atoms with Crippen LogP contribution in [0, 0.1) is 0 Å². The zero-order chi connectivity index (χ0) is 24.0. The smallest absolute Gasteiger partial charge is 0.346 e. The lowest BCUT2D eigenvalue weighted by atomic mass is 10.1. The highest BCUT2D eigenvalue weighted by molar-refractivity contribution is 6.16. The van der Waals surface area contributed by atoms with Crippen LogP contribution in [0.1, 0.15) is 62.1 Å². The van der Waals surface area contributed by atoms with E-state index in [1.807, 2.05) is 0 Å². The van der Waals surface area contributed by atoms with Crippen LogP contribution in [-0.4, -0.2) is 35.8 Å². The molecule has 0 radical (unpaired) electrons. The summed E-state index contributed by atoms with van der Waals surface area (Å²) in [5, 5.41) is 0. The monoisotopic (exact) mass is 458 g/mol. The Morgan fingerprint density at radius 1 is 0.500 bits per heavy atom. The van der Waals surface area contributed by atoms with Gasteiger partial charge in [-0.3, -0.25) is 0 Å². The van der Waals surface area contributed by atoms with E-state index in [1.165, 1.54) is 60.7 Å². The molecule has 2 aliphatic heterocycles. The van der Waals surface area contributed by atoms with Gasteiger partial charge < -0.3 is 18.9 Å². The van der Waals surface area contributed by atoms with Crippen molar-refractivity contribution in [2.75, 3.05) is 0 Å². The third-order valence-electron chi connectivity index (χ3n) is 5.01. The molecule has 0 aliphatic carbocycles. The van der Waals surface area contributed by atoms with Crippen molar-refractivity contribution in [1.29, 1.82) is 0 Å². The Labute approximate surface area is 189 Å². The van der Waals surface area contributed by atoms with Gasteiger partial charge in [0.15, 0.2) is 0 Å². The Morgan fingerprint density at radius 3 is 1.24 bits per heavy atom. The van der Waals surface area contributed by atoms with Gasteiger partial charge in [0.05, 0.1) is 33.4 Å². The highest BCUT2D eigenvalue weighted by Crippen LogP contribution is 2.25. The van der Waals surface area contributed by atoms with Crippen molar-refractivity contribution < 1.29 is 47.7 Å². The number of carbonyl (C=O) groups excluding carboxylic acids is 6. The molecule has 0 amide bonds. The molecule has 3 aromatic rings. The topological polar surface area (TPSA) is 139 Å². The van der Waals surface area contributed by atoms with Crippen LogP contribution in [0.4, 0.5) is 0 Å². The summed E-state index contributed by atoms with van der Waals surface area (Å²) in [6, 6.07) is 13.2. The van der Waals surface area contributed by atoms with E-state index in [1.54, 1.807) is 0 Å².